The molecule has 2 aromatic rings. The van der Waals surface area contributed by atoms with Crippen molar-refractivity contribution in [1.82, 2.24) is 9.97 Å². The van der Waals surface area contributed by atoms with Crippen molar-refractivity contribution in [2.75, 3.05) is 16.8 Å². The van der Waals surface area contributed by atoms with Gasteiger partial charge in [-0.15, -0.1) is 0 Å². The Morgan fingerprint density at radius 2 is 2.24 bits per heavy atom. The molecule has 0 fully saturated rings. The minimum absolute atomic E-state index is 0.200. The Morgan fingerprint density at radius 3 is 2.92 bits per heavy atom. The van der Waals surface area contributed by atoms with Gasteiger partial charge in [0.2, 0.25) is 0 Å². The van der Waals surface area contributed by atoms with Gasteiger partial charge in [-0.05, 0) is 55.6 Å². The number of hydrogen-bond acceptors (Lipinski definition) is 5. The number of nitrogens with zero attached hydrogens (tertiary/aromatic N) is 3. The number of nitrogens with two attached hydrogens (primary N) is 1. The highest BCUT2D eigenvalue weighted by Crippen LogP contribution is 2.33. The van der Waals surface area contributed by atoms with Crippen LogP contribution in [0.25, 0.3) is 6.08 Å². The maximum atomic E-state index is 13.1. The monoisotopic (exact) mass is 339 g/mol. The zero-order valence-electron chi connectivity index (χ0n) is 14.1. The second-order valence-corrected chi connectivity index (χ2v) is 6.00. The van der Waals surface area contributed by atoms with E-state index in [0.29, 0.717) is 18.2 Å². The molecule has 0 bridgehead atoms. The molecule has 0 spiro atoms. The molecule has 3 heterocycles. The van der Waals surface area contributed by atoms with Crippen LogP contribution in [-0.4, -0.2) is 22.6 Å². The van der Waals surface area contributed by atoms with E-state index < -0.39 is 0 Å². The van der Waals surface area contributed by atoms with Crippen LogP contribution in [0.2, 0.25) is 0 Å². The third-order valence-corrected chi connectivity index (χ3v) is 4.32. The summed E-state index contributed by atoms with van der Waals surface area (Å²) in [5.41, 5.74) is 7.77. The van der Waals surface area contributed by atoms with E-state index in [-0.39, 0.29) is 11.9 Å². The average Bonchev–Trinajstić information content (AvgIpc) is 2.63. The second-order valence-electron chi connectivity index (χ2n) is 6.00. The zero-order valence-corrected chi connectivity index (χ0v) is 14.1. The topological polar surface area (TPSA) is 67.1 Å². The summed E-state index contributed by atoms with van der Waals surface area (Å²) in [7, 11) is 0. The van der Waals surface area contributed by atoms with Crippen molar-refractivity contribution in [3.05, 3.63) is 66.5 Å². The first-order chi connectivity index (χ1) is 12.1. The maximum Gasteiger partial charge on any atom is 0.141 e. The SMILES string of the molecule is C=Cc1ccc2c(n1)N(C(=C)Nc1ccc(F)cn1)C(CCN)CC2. The van der Waals surface area contributed by atoms with Gasteiger partial charge in [-0.1, -0.05) is 19.2 Å². The lowest BCUT2D eigenvalue weighted by molar-refractivity contribution is 0.524. The van der Waals surface area contributed by atoms with Gasteiger partial charge in [-0.3, -0.25) is 0 Å². The molecule has 5 nitrogen and oxygen atoms in total. The van der Waals surface area contributed by atoms with Gasteiger partial charge in [-0.25, -0.2) is 14.4 Å². The molecule has 1 atom stereocenters. The molecule has 3 rings (SSSR count). The normalized spacial score (nSPS) is 16.2. The molecular weight excluding hydrogens is 317 g/mol. The van der Waals surface area contributed by atoms with Crippen molar-refractivity contribution < 1.29 is 4.39 Å². The Bertz CT molecular complexity index is 772. The third kappa shape index (κ3) is 3.69. The van der Waals surface area contributed by atoms with Crippen LogP contribution in [0.4, 0.5) is 16.0 Å². The molecule has 0 amide bonds. The minimum atomic E-state index is -0.377. The van der Waals surface area contributed by atoms with Gasteiger partial charge in [0.05, 0.1) is 11.9 Å². The van der Waals surface area contributed by atoms with Crippen LogP contribution >= 0.6 is 0 Å². The number of aromatic nitrogens is 2. The summed E-state index contributed by atoms with van der Waals surface area (Å²) in [5.74, 6) is 1.66. The Balaban J connectivity index is 1.93. The van der Waals surface area contributed by atoms with Crippen molar-refractivity contribution in [3.63, 3.8) is 0 Å². The Morgan fingerprint density at radius 1 is 1.40 bits per heavy atom. The fourth-order valence-corrected chi connectivity index (χ4v) is 3.11. The van der Waals surface area contributed by atoms with Gasteiger partial charge in [0, 0.05) is 6.04 Å². The molecule has 0 aliphatic carbocycles. The molecule has 1 aliphatic rings. The van der Waals surface area contributed by atoms with Crippen LogP contribution in [-0.2, 0) is 6.42 Å². The molecule has 0 aromatic carbocycles. The van der Waals surface area contributed by atoms with Crippen LogP contribution in [0.5, 0.6) is 0 Å². The quantitative estimate of drug-likeness (QED) is 0.845. The first kappa shape index (κ1) is 17.1. The number of fused-ring (bicyclic) bond motifs is 1. The summed E-state index contributed by atoms with van der Waals surface area (Å²) in [6.45, 7) is 8.54. The van der Waals surface area contributed by atoms with Gasteiger partial charge >= 0.3 is 0 Å². The zero-order chi connectivity index (χ0) is 17.8. The van der Waals surface area contributed by atoms with Crippen LogP contribution in [0.3, 0.4) is 0 Å². The highest BCUT2D eigenvalue weighted by Gasteiger charge is 2.29. The summed E-state index contributed by atoms with van der Waals surface area (Å²) in [6.07, 6.45) is 5.64. The van der Waals surface area contributed by atoms with E-state index in [1.54, 1.807) is 12.1 Å². The number of nitrogens with one attached hydrogen (secondary N) is 1. The summed E-state index contributed by atoms with van der Waals surface area (Å²) in [5, 5.41) is 3.15. The van der Waals surface area contributed by atoms with Crippen molar-refractivity contribution in [2.24, 2.45) is 5.73 Å². The van der Waals surface area contributed by atoms with E-state index >= 15 is 0 Å². The fraction of sp³-hybridized carbons (Fsp3) is 0.263. The molecule has 0 saturated carbocycles. The van der Waals surface area contributed by atoms with E-state index in [2.05, 4.69) is 34.4 Å². The maximum absolute atomic E-state index is 13.1. The van der Waals surface area contributed by atoms with Crippen molar-refractivity contribution in [1.29, 1.82) is 0 Å². The molecular formula is C19H22FN5. The van der Waals surface area contributed by atoms with Crippen LogP contribution in [0.15, 0.2) is 49.4 Å². The number of rotatable bonds is 6. The first-order valence-corrected chi connectivity index (χ1v) is 8.31. The number of anilines is 2. The van der Waals surface area contributed by atoms with E-state index in [1.807, 2.05) is 6.07 Å². The first-order valence-electron chi connectivity index (χ1n) is 8.31. The summed E-state index contributed by atoms with van der Waals surface area (Å²) in [4.78, 5) is 10.8. The molecule has 6 heteroatoms. The summed E-state index contributed by atoms with van der Waals surface area (Å²) in [6, 6.07) is 7.18. The van der Waals surface area contributed by atoms with Gasteiger partial charge in [0.15, 0.2) is 0 Å². The minimum Gasteiger partial charge on any atom is -0.330 e. The van der Waals surface area contributed by atoms with E-state index in [0.717, 1.165) is 36.3 Å². The average molecular weight is 339 g/mol. The Kier molecular flexibility index (Phi) is 5.09. The van der Waals surface area contributed by atoms with Crippen LogP contribution < -0.4 is 16.0 Å². The molecule has 25 heavy (non-hydrogen) atoms. The van der Waals surface area contributed by atoms with Gasteiger partial charge in [-0.2, -0.15) is 0 Å². The molecule has 2 aromatic heterocycles. The predicted molar refractivity (Wildman–Crippen MR) is 99.5 cm³/mol. The van der Waals surface area contributed by atoms with E-state index in [1.165, 1.54) is 12.3 Å². The van der Waals surface area contributed by atoms with Crippen molar-refractivity contribution in [3.8, 4) is 0 Å². The number of hydrogen-bond donors (Lipinski definition) is 2. The number of aryl methyl sites for hydroxylation is 1. The van der Waals surface area contributed by atoms with Crippen LogP contribution in [0, 0.1) is 5.82 Å². The van der Waals surface area contributed by atoms with Gasteiger partial charge in [0.25, 0.3) is 0 Å². The number of halogens is 1. The largest absolute Gasteiger partial charge is 0.330 e. The van der Waals surface area contributed by atoms with Crippen molar-refractivity contribution >= 4 is 17.7 Å². The molecule has 1 unspecified atom stereocenters. The highest BCUT2D eigenvalue weighted by molar-refractivity contribution is 5.61. The molecule has 0 saturated heterocycles. The third-order valence-electron chi connectivity index (χ3n) is 4.32. The van der Waals surface area contributed by atoms with E-state index in [9.17, 15) is 4.39 Å². The van der Waals surface area contributed by atoms with Gasteiger partial charge < -0.3 is 16.0 Å². The van der Waals surface area contributed by atoms with E-state index in [4.69, 9.17) is 10.7 Å². The van der Waals surface area contributed by atoms with Crippen LogP contribution in [0.1, 0.15) is 24.1 Å². The predicted octanol–water partition coefficient (Wildman–Crippen LogP) is 3.31. The molecule has 3 N–H and O–H groups in total. The molecule has 0 radical (unpaired) electrons. The second kappa shape index (κ2) is 7.44. The smallest absolute Gasteiger partial charge is 0.141 e. The summed E-state index contributed by atoms with van der Waals surface area (Å²) >= 11 is 0. The molecule has 1 aliphatic heterocycles. The van der Waals surface area contributed by atoms with Gasteiger partial charge in [0.1, 0.15) is 23.3 Å². The Labute approximate surface area is 147 Å². The van der Waals surface area contributed by atoms with Crippen molar-refractivity contribution in [2.45, 2.75) is 25.3 Å². The number of pyridine rings is 2. The Hall–Kier alpha value is -2.73. The molecule has 130 valence electrons. The highest BCUT2D eigenvalue weighted by atomic mass is 19.1. The lowest BCUT2D eigenvalue weighted by atomic mass is 9.96. The standard InChI is InChI=1S/C19H22FN5/c1-3-16-7-4-14-5-8-17(10-11-21)25(19(14)24-16)13(2)23-18-9-6-15(20)12-22-18/h3-4,6-7,9,12,17H,1-2,5,8,10-11,21H2,(H,22,23). The fourth-order valence-electron chi connectivity index (χ4n) is 3.11. The summed E-state index contributed by atoms with van der Waals surface area (Å²) < 4.78 is 13.1. The lowest BCUT2D eigenvalue weighted by Gasteiger charge is -2.39. The lowest BCUT2D eigenvalue weighted by Crippen LogP contribution is -2.42.